The number of carbonyl (C=O) groups excluding carboxylic acids is 2. The Kier molecular flexibility index (Phi) is 5.97. The van der Waals surface area contributed by atoms with E-state index in [9.17, 15) is 20.1 Å². The lowest BCUT2D eigenvalue weighted by atomic mass is 9.72. The number of thioether (sulfide) groups is 1. The van der Waals surface area contributed by atoms with Gasteiger partial charge in [0.2, 0.25) is 11.8 Å². The average Bonchev–Trinajstić information content (AvgIpc) is 2.56. The zero-order valence-electron chi connectivity index (χ0n) is 14.5. The first-order chi connectivity index (χ1) is 12.2. The monoisotopic (exact) mass is 388 g/mol. The fourth-order valence-corrected chi connectivity index (χ4v) is 3.69. The Bertz CT molecular complexity index is 880. The molecule has 0 aliphatic carbocycles. The number of nitriles is 2. The van der Waals surface area contributed by atoms with Crippen molar-refractivity contribution < 1.29 is 9.59 Å². The van der Waals surface area contributed by atoms with Crippen LogP contribution in [0, 0.1) is 40.9 Å². The van der Waals surface area contributed by atoms with E-state index in [1.54, 1.807) is 32.0 Å². The fourth-order valence-electron chi connectivity index (χ4n) is 2.54. The Morgan fingerprint density at radius 3 is 2.69 bits per heavy atom. The molecule has 0 aromatic heterocycles. The van der Waals surface area contributed by atoms with Gasteiger partial charge in [-0.15, -0.1) is 0 Å². The summed E-state index contributed by atoms with van der Waals surface area (Å²) in [7, 11) is 0. The maximum Gasteiger partial charge on any atom is 0.243 e. The van der Waals surface area contributed by atoms with E-state index in [2.05, 4.69) is 16.7 Å². The van der Waals surface area contributed by atoms with E-state index in [1.165, 1.54) is 0 Å². The molecule has 1 aliphatic heterocycles. The van der Waals surface area contributed by atoms with Crippen molar-refractivity contribution in [2.24, 2.45) is 11.3 Å². The number of amides is 2. The summed E-state index contributed by atoms with van der Waals surface area (Å²) in [6.45, 7) is 5.21. The molecule has 1 aromatic rings. The van der Waals surface area contributed by atoms with Crippen molar-refractivity contribution in [2.75, 3.05) is 11.1 Å². The lowest BCUT2D eigenvalue weighted by molar-refractivity contribution is -0.125. The zero-order chi connectivity index (χ0) is 19.5. The van der Waals surface area contributed by atoms with Crippen molar-refractivity contribution in [2.45, 2.75) is 20.8 Å². The van der Waals surface area contributed by atoms with Crippen LogP contribution < -0.4 is 10.6 Å². The fraction of sp³-hybridized carbons (Fsp3) is 0.333. The number of rotatable bonds is 4. The van der Waals surface area contributed by atoms with Crippen LogP contribution in [0.15, 0.2) is 28.8 Å². The van der Waals surface area contributed by atoms with Crippen LogP contribution in [0.3, 0.4) is 0 Å². The van der Waals surface area contributed by atoms with E-state index in [1.807, 2.05) is 13.0 Å². The van der Waals surface area contributed by atoms with Gasteiger partial charge >= 0.3 is 0 Å². The maximum atomic E-state index is 12.2. The summed E-state index contributed by atoms with van der Waals surface area (Å²) in [4.78, 5) is 24.3. The molecule has 1 aliphatic rings. The van der Waals surface area contributed by atoms with Crippen LogP contribution in [0.5, 0.6) is 0 Å². The molecule has 2 amide bonds. The van der Waals surface area contributed by atoms with Gasteiger partial charge in [-0.25, -0.2) is 0 Å². The first-order valence-corrected chi connectivity index (χ1v) is 9.11. The third kappa shape index (κ3) is 4.01. The number of hydrogen-bond acceptors (Lipinski definition) is 5. The lowest BCUT2D eigenvalue weighted by Crippen LogP contribution is -2.44. The topological polar surface area (TPSA) is 106 Å². The summed E-state index contributed by atoms with van der Waals surface area (Å²) in [5.74, 6) is -1.72. The number of carbonyl (C=O) groups is 2. The number of nitrogens with zero attached hydrogens (tertiary/aromatic N) is 2. The normalized spacial score (nSPS) is 18.5. The van der Waals surface area contributed by atoms with Crippen molar-refractivity contribution in [3.8, 4) is 12.1 Å². The Labute approximate surface area is 161 Å². The van der Waals surface area contributed by atoms with Gasteiger partial charge in [0, 0.05) is 16.1 Å². The van der Waals surface area contributed by atoms with Crippen molar-refractivity contribution in [3.63, 3.8) is 0 Å². The van der Waals surface area contributed by atoms with Gasteiger partial charge in [0.05, 0.1) is 28.5 Å². The minimum Gasteiger partial charge on any atom is -0.325 e. The van der Waals surface area contributed by atoms with Crippen LogP contribution >= 0.6 is 23.4 Å². The summed E-state index contributed by atoms with van der Waals surface area (Å²) < 4.78 is 0. The lowest BCUT2D eigenvalue weighted by Gasteiger charge is -2.34. The van der Waals surface area contributed by atoms with Crippen molar-refractivity contribution in [1.29, 1.82) is 10.5 Å². The van der Waals surface area contributed by atoms with Gasteiger partial charge in [-0.3, -0.25) is 9.59 Å². The van der Waals surface area contributed by atoms with Gasteiger partial charge in [0.15, 0.2) is 0 Å². The Hall–Kier alpha value is -2.48. The number of hydrogen-bond donors (Lipinski definition) is 2. The summed E-state index contributed by atoms with van der Waals surface area (Å²) in [5.41, 5.74) is 0.843. The molecule has 8 heteroatoms. The molecule has 0 spiro atoms. The first kappa shape index (κ1) is 19.8. The first-order valence-electron chi connectivity index (χ1n) is 7.74. The molecule has 134 valence electrons. The quantitative estimate of drug-likeness (QED) is 0.822. The molecule has 1 heterocycles. The van der Waals surface area contributed by atoms with Crippen molar-refractivity contribution in [1.82, 2.24) is 5.32 Å². The van der Waals surface area contributed by atoms with Gasteiger partial charge in [-0.2, -0.15) is 10.5 Å². The smallest absolute Gasteiger partial charge is 0.243 e. The Morgan fingerprint density at radius 2 is 2.12 bits per heavy atom. The number of halogens is 1. The van der Waals surface area contributed by atoms with Crippen LogP contribution in [0.2, 0.25) is 5.02 Å². The van der Waals surface area contributed by atoms with Crippen LogP contribution in [-0.2, 0) is 9.59 Å². The second-order valence-electron chi connectivity index (χ2n) is 6.39. The predicted molar refractivity (Wildman–Crippen MR) is 101 cm³/mol. The molecule has 2 N–H and O–H groups in total. The number of nitrogens with one attached hydrogen (secondary N) is 2. The molecule has 6 nitrogen and oxygen atoms in total. The van der Waals surface area contributed by atoms with E-state index < -0.39 is 17.2 Å². The number of benzene rings is 1. The van der Waals surface area contributed by atoms with Crippen molar-refractivity contribution >= 4 is 40.9 Å². The minimum absolute atomic E-state index is 0.000408. The SMILES string of the molecule is Cc1ccc(NC(=O)CSC2=C(C#N)C(C)(C)[C@H](C#N)C(=O)N2)cc1Cl. The molecule has 0 fully saturated rings. The van der Waals surface area contributed by atoms with E-state index >= 15 is 0 Å². The molecule has 2 rings (SSSR count). The highest BCUT2D eigenvalue weighted by atomic mass is 35.5. The van der Waals surface area contributed by atoms with E-state index in [0.29, 0.717) is 21.3 Å². The van der Waals surface area contributed by atoms with Gasteiger partial charge in [0.25, 0.3) is 0 Å². The molecule has 0 unspecified atom stereocenters. The van der Waals surface area contributed by atoms with Crippen LogP contribution in [-0.4, -0.2) is 17.6 Å². The molecule has 0 saturated carbocycles. The third-order valence-electron chi connectivity index (χ3n) is 4.14. The molecule has 0 saturated heterocycles. The largest absolute Gasteiger partial charge is 0.325 e. The van der Waals surface area contributed by atoms with Gasteiger partial charge in [-0.1, -0.05) is 43.3 Å². The molecule has 0 radical (unpaired) electrons. The van der Waals surface area contributed by atoms with Crippen LogP contribution in [0.4, 0.5) is 5.69 Å². The van der Waals surface area contributed by atoms with Crippen LogP contribution in [0.1, 0.15) is 19.4 Å². The zero-order valence-corrected chi connectivity index (χ0v) is 16.1. The summed E-state index contributed by atoms with van der Waals surface area (Å²) >= 11 is 7.09. The molecule has 1 aromatic carbocycles. The van der Waals surface area contributed by atoms with Crippen molar-refractivity contribution in [3.05, 3.63) is 39.4 Å². The maximum absolute atomic E-state index is 12.2. The molecule has 1 atom stereocenters. The Morgan fingerprint density at radius 1 is 1.42 bits per heavy atom. The molecular weight excluding hydrogens is 372 g/mol. The second kappa shape index (κ2) is 7.82. The van der Waals surface area contributed by atoms with Gasteiger partial charge in [-0.05, 0) is 24.6 Å². The third-order valence-corrected chi connectivity index (χ3v) is 5.54. The summed E-state index contributed by atoms with van der Waals surface area (Å²) in [6.07, 6.45) is 0. The van der Waals surface area contributed by atoms with Crippen LogP contribution in [0.25, 0.3) is 0 Å². The molecule has 26 heavy (non-hydrogen) atoms. The highest BCUT2D eigenvalue weighted by molar-refractivity contribution is 8.03. The number of anilines is 1. The summed E-state index contributed by atoms with van der Waals surface area (Å²) in [6, 6.07) is 9.19. The van der Waals surface area contributed by atoms with E-state index in [4.69, 9.17) is 11.6 Å². The molecule has 0 bridgehead atoms. The minimum atomic E-state index is -0.954. The van der Waals surface area contributed by atoms with E-state index in [-0.39, 0.29) is 11.7 Å². The molecular formula is C18H17ClN4O2S. The predicted octanol–water partition coefficient (Wildman–Crippen LogP) is 3.35. The highest BCUT2D eigenvalue weighted by Gasteiger charge is 2.44. The standard InChI is InChI=1S/C18H17ClN4O2S/c1-10-4-5-11(6-14(10)19)22-15(24)9-26-17-13(8-21)18(2,3)12(7-20)16(25)23-17/h4-6,12H,9H2,1-3H3,(H,22,24)(H,23,25)/t12-/m1/s1. The summed E-state index contributed by atoms with van der Waals surface area (Å²) in [5, 5.41) is 24.8. The second-order valence-corrected chi connectivity index (χ2v) is 7.78. The van der Waals surface area contributed by atoms with E-state index in [0.717, 1.165) is 17.3 Å². The Balaban J connectivity index is 2.12. The van der Waals surface area contributed by atoms with Gasteiger partial charge < -0.3 is 10.6 Å². The average molecular weight is 389 g/mol. The number of aryl methyl sites for hydroxylation is 1. The number of allylic oxidation sites excluding steroid dienone is 1. The van der Waals surface area contributed by atoms with Gasteiger partial charge in [0.1, 0.15) is 5.92 Å². The highest BCUT2D eigenvalue weighted by Crippen LogP contribution is 2.41.